The number of nitrogens with zero attached hydrogens (tertiary/aromatic N) is 1. The van der Waals surface area contributed by atoms with Crippen LogP contribution in [0.3, 0.4) is 0 Å². The van der Waals surface area contributed by atoms with E-state index in [1.54, 1.807) is 7.11 Å². The van der Waals surface area contributed by atoms with E-state index in [1.165, 1.54) is 31.4 Å². The molecular weight excluding hydrogens is 236 g/mol. The lowest BCUT2D eigenvalue weighted by atomic mass is 9.89. The number of hydrogen-bond acceptors (Lipinski definition) is 3. The topological polar surface area (TPSA) is 24.5 Å². The maximum Gasteiger partial charge on any atom is 0.118 e. The van der Waals surface area contributed by atoms with Gasteiger partial charge in [0, 0.05) is 25.2 Å². The highest BCUT2D eigenvalue weighted by atomic mass is 16.5. The van der Waals surface area contributed by atoms with E-state index in [4.69, 9.17) is 4.74 Å². The molecule has 3 nitrogen and oxygen atoms in total. The maximum atomic E-state index is 5.19. The Kier molecular flexibility index (Phi) is 3.76. The molecule has 2 saturated heterocycles. The van der Waals surface area contributed by atoms with Crippen LogP contribution < -0.4 is 10.1 Å². The fourth-order valence-corrected chi connectivity index (χ4v) is 3.65. The minimum absolute atomic E-state index is 0.781. The van der Waals surface area contributed by atoms with Crippen molar-refractivity contribution >= 4 is 0 Å². The SMILES string of the molecule is COc1ccc(CN(C)CC2CC3CCC2N3)cc1. The first-order valence-electron chi connectivity index (χ1n) is 7.32. The van der Waals surface area contributed by atoms with E-state index < -0.39 is 0 Å². The average molecular weight is 260 g/mol. The van der Waals surface area contributed by atoms with Crippen LogP contribution in [-0.2, 0) is 6.54 Å². The highest BCUT2D eigenvalue weighted by Gasteiger charge is 2.38. The van der Waals surface area contributed by atoms with Gasteiger partial charge in [0.15, 0.2) is 0 Å². The summed E-state index contributed by atoms with van der Waals surface area (Å²) in [6.07, 6.45) is 4.15. The molecule has 3 atom stereocenters. The predicted molar refractivity (Wildman–Crippen MR) is 77.4 cm³/mol. The molecule has 0 aliphatic carbocycles. The monoisotopic (exact) mass is 260 g/mol. The summed E-state index contributed by atoms with van der Waals surface area (Å²) in [5, 5.41) is 3.72. The summed E-state index contributed by atoms with van der Waals surface area (Å²) >= 11 is 0. The van der Waals surface area contributed by atoms with Crippen molar-refractivity contribution in [3.05, 3.63) is 29.8 Å². The first kappa shape index (κ1) is 12.9. The van der Waals surface area contributed by atoms with Gasteiger partial charge in [-0.1, -0.05) is 12.1 Å². The van der Waals surface area contributed by atoms with E-state index >= 15 is 0 Å². The van der Waals surface area contributed by atoms with Gasteiger partial charge in [0.05, 0.1) is 7.11 Å². The smallest absolute Gasteiger partial charge is 0.118 e. The molecule has 0 saturated carbocycles. The number of ether oxygens (including phenoxy) is 1. The van der Waals surface area contributed by atoms with Gasteiger partial charge in [0.1, 0.15) is 5.75 Å². The van der Waals surface area contributed by atoms with Gasteiger partial charge in [-0.2, -0.15) is 0 Å². The van der Waals surface area contributed by atoms with Crippen molar-refractivity contribution in [3.8, 4) is 5.75 Å². The summed E-state index contributed by atoms with van der Waals surface area (Å²) in [7, 11) is 3.94. The Morgan fingerprint density at radius 3 is 2.63 bits per heavy atom. The largest absolute Gasteiger partial charge is 0.497 e. The molecule has 0 aromatic heterocycles. The van der Waals surface area contributed by atoms with Gasteiger partial charge in [-0.05, 0) is 49.9 Å². The van der Waals surface area contributed by atoms with Gasteiger partial charge >= 0.3 is 0 Å². The summed E-state index contributed by atoms with van der Waals surface area (Å²) < 4.78 is 5.19. The second-order valence-electron chi connectivity index (χ2n) is 6.09. The van der Waals surface area contributed by atoms with E-state index in [2.05, 4.69) is 29.4 Å². The fourth-order valence-electron chi connectivity index (χ4n) is 3.65. The molecule has 104 valence electrons. The molecule has 1 aromatic carbocycles. The summed E-state index contributed by atoms with van der Waals surface area (Å²) in [5.74, 6) is 1.78. The van der Waals surface area contributed by atoms with Crippen molar-refractivity contribution in [3.63, 3.8) is 0 Å². The maximum absolute atomic E-state index is 5.19. The van der Waals surface area contributed by atoms with Gasteiger partial charge in [-0.25, -0.2) is 0 Å². The van der Waals surface area contributed by atoms with Crippen molar-refractivity contribution in [2.24, 2.45) is 5.92 Å². The molecule has 3 rings (SSSR count). The molecule has 19 heavy (non-hydrogen) atoms. The van der Waals surface area contributed by atoms with Crippen LogP contribution in [0.1, 0.15) is 24.8 Å². The van der Waals surface area contributed by atoms with Crippen molar-refractivity contribution < 1.29 is 4.74 Å². The molecule has 2 heterocycles. The van der Waals surface area contributed by atoms with Crippen molar-refractivity contribution in [2.75, 3.05) is 20.7 Å². The van der Waals surface area contributed by atoms with Crippen LogP contribution >= 0.6 is 0 Å². The van der Waals surface area contributed by atoms with Gasteiger partial charge in [-0.3, -0.25) is 0 Å². The molecular formula is C16H24N2O. The number of methoxy groups -OCH3 is 1. The van der Waals surface area contributed by atoms with Crippen LogP contribution in [0.15, 0.2) is 24.3 Å². The molecule has 0 amide bonds. The van der Waals surface area contributed by atoms with Crippen LogP contribution in [0.25, 0.3) is 0 Å². The van der Waals surface area contributed by atoms with Crippen LogP contribution in [-0.4, -0.2) is 37.7 Å². The Morgan fingerprint density at radius 1 is 1.26 bits per heavy atom. The number of nitrogens with one attached hydrogen (secondary N) is 1. The summed E-state index contributed by atoms with van der Waals surface area (Å²) in [6, 6.07) is 10.0. The molecule has 2 bridgehead atoms. The first-order valence-corrected chi connectivity index (χ1v) is 7.32. The van der Waals surface area contributed by atoms with Gasteiger partial charge in [0.2, 0.25) is 0 Å². The minimum atomic E-state index is 0.781. The standard InChI is InChI=1S/C16H24N2O/c1-18(10-12-3-6-15(19-2)7-4-12)11-13-9-14-5-8-16(13)17-14/h3-4,6-7,13-14,16-17H,5,8-11H2,1-2H3. The van der Waals surface area contributed by atoms with Crippen molar-refractivity contribution in [1.29, 1.82) is 0 Å². The molecule has 1 aromatic rings. The molecule has 3 heteroatoms. The van der Waals surface area contributed by atoms with E-state index in [-0.39, 0.29) is 0 Å². The molecule has 2 fully saturated rings. The van der Waals surface area contributed by atoms with Crippen molar-refractivity contribution in [1.82, 2.24) is 10.2 Å². The zero-order valence-corrected chi connectivity index (χ0v) is 11.9. The molecule has 1 N–H and O–H groups in total. The lowest BCUT2D eigenvalue weighted by Gasteiger charge is -2.26. The first-order chi connectivity index (χ1) is 9.24. The summed E-state index contributed by atoms with van der Waals surface area (Å²) in [5.41, 5.74) is 1.36. The third-order valence-corrected chi connectivity index (χ3v) is 4.59. The lowest BCUT2D eigenvalue weighted by molar-refractivity contribution is 0.242. The Bertz CT molecular complexity index is 417. The highest BCUT2D eigenvalue weighted by Crippen LogP contribution is 2.33. The molecule has 2 aliphatic heterocycles. The Labute approximate surface area is 115 Å². The Balaban J connectivity index is 1.51. The van der Waals surface area contributed by atoms with Crippen LogP contribution in [0.5, 0.6) is 5.75 Å². The molecule has 0 radical (unpaired) electrons. The van der Waals surface area contributed by atoms with E-state index in [1.807, 2.05) is 12.1 Å². The fraction of sp³-hybridized carbons (Fsp3) is 0.625. The summed E-state index contributed by atoms with van der Waals surface area (Å²) in [6.45, 7) is 2.23. The predicted octanol–water partition coefficient (Wildman–Crippen LogP) is 2.27. The summed E-state index contributed by atoms with van der Waals surface area (Å²) in [4.78, 5) is 2.45. The minimum Gasteiger partial charge on any atom is -0.497 e. The Morgan fingerprint density at radius 2 is 2.05 bits per heavy atom. The van der Waals surface area contributed by atoms with Crippen LogP contribution in [0.4, 0.5) is 0 Å². The highest BCUT2D eigenvalue weighted by molar-refractivity contribution is 5.27. The van der Waals surface area contributed by atoms with Gasteiger partial charge in [0.25, 0.3) is 0 Å². The third kappa shape index (κ3) is 2.93. The van der Waals surface area contributed by atoms with E-state index in [0.717, 1.165) is 30.3 Å². The number of fused-ring (bicyclic) bond motifs is 2. The Hall–Kier alpha value is -1.06. The van der Waals surface area contributed by atoms with Crippen LogP contribution in [0, 0.1) is 5.92 Å². The second kappa shape index (κ2) is 5.51. The second-order valence-corrected chi connectivity index (χ2v) is 6.09. The quantitative estimate of drug-likeness (QED) is 0.879. The molecule has 3 unspecified atom stereocenters. The molecule has 0 spiro atoms. The van der Waals surface area contributed by atoms with Gasteiger partial charge < -0.3 is 15.0 Å². The van der Waals surface area contributed by atoms with Gasteiger partial charge in [-0.15, -0.1) is 0 Å². The number of rotatable bonds is 5. The number of hydrogen-bond donors (Lipinski definition) is 1. The third-order valence-electron chi connectivity index (χ3n) is 4.59. The average Bonchev–Trinajstić information content (AvgIpc) is 3.02. The van der Waals surface area contributed by atoms with E-state index in [0.29, 0.717) is 0 Å². The number of benzene rings is 1. The zero-order valence-electron chi connectivity index (χ0n) is 11.9. The zero-order chi connectivity index (χ0) is 13.2. The van der Waals surface area contributed by atoms with E-state index in [9.17, 15) is 0 Å². The molecule has 2 aliphatic rings. The normalized spacial score (nSPS) is 29.1. The lowest BCUT2D eigenvalue weighted by Crippen LogP contribution is -2.32. The van der Waals surface area contributed by atoms with Crippen LogP contribution in [0.2, 0.25) is 0 Å². The van der Waals surface area contributed by atoms with Crippen molar-refractivity contribution in [2.45, 2.75) is 37.9 Å².